The normalized spacial score (nSPS) is 17.4. The average Bonchev–Trinajstić information content (AvgIpc) is 2.84. The van der Waals surface area contributed by atoms with Gasteiger partial charge in [0.15, 0.2) is 0 Å². The summed E-state index contributed by atoms with van der Waals surface area (Å²) in [4.78, 5) is 8.83. The third-order valence-corrected chi connectivity index (χ3v) is 4.17. The van der Waals surface area contributed by atoms with Gasteiger partial charge in [-0.15, -0.1) is 0 Å². The smallest absolute Gasteiger partial charge is 0.226 e. The number of nitrogens with zero attached hydrogens (tertiary/aromatic N) is 2. The van der Waals surface area contributed by atoms with E-state index in [1.807, 2.05) is 13.0 Å². The lowest BCUT2D eigenvalue weighted by atomic mass is 9.78. The van der Waals surface area contributed by atoms with E-state index in [-0.39, 0.29) is 0 Å². The lowest BCUT2D eigenvalue weighted by Crippen LogP contribution is -2.29. The zero-order valence-electron chi connectivity index (χ0n) is 13.2. The maximum absolute atomic E-state index is 5.21. The van der Waals surface area contributed by atoms with E-state index in [1.165, 1.54) is 32.1 Å². The summed E-state index contributed by atoms with van der Waals surface area (Å²) in [5, 5.41) is 3.45. The molecule has 1 fully saturated rings. The molecule has 1 aliphatic carbocycles. The van der Waals surface area contributed by atoms with E-state index in [1.54, 1.807) is 7.11 Å². The molecular formula is C16H27N3O. The first-order chi connectivity index (χ1) is 9.53. The van der Waals surface area contributed by atoms with Crippen molar-refractivity contribution < 1.29 is 4.74 Å². The molecular weight excluding hydrogens is 250 g/mol. The number of aryl methyl sites for hydroxylation is 1. The maximum atomic E-state index is 5.21. The molecule has 0 bridgehead atoms. The molecule has 4 heteroatoms. The van der Waals surface area contributed by atoms with Gasteiger partial charge in [0, 0.05) is 18.3 Å². The molecule has 1 aliphatic rings. The topological polar surface area (TPSA) is 47.0 Å². The van der Waals surface area contributed by atoms with E-state index in [2.05, 4.69) is 29.1 Å². The molecule has 0 atom stereocenters. The van der Waals surface area contributed by atoms with Crippen molar-refractivity contribution in [3.05, 3.63) is 11.8 Å². The van der Waals surface area contributed by atoms with E-state index in [0.29, 0.717) is 17.2 Å². The Balaban J connectivity index is 2.04. The maximum Gasteiger partial charge on any atom is 0.226 e. The number of aromatic nitrogens is 2. The molecule has 1 saturated carbocycles. The molecule has 112 valence electrons. The van der Waals surface area contributed by atoms with E-state index in [0.717, 1.165) is 18.2 Å². The first-order valence-corrected chi connectivity index (χ1v) is 7.66. The summed E-state index contributed by atoms with van der Waals surface area (Å²) in [6.07, 6.45) is 6.63. The molecule has 0 saturated heterocycles. The summed E-state index contributed by atoms with van der Waals surface area (Å²) < 4.78 is 5.21. The van der Waals surface area contributed by atoms with Crippen LogP contribution in [0.2, 0.25) is 0 Å². The molecule has 20 heavy (non-hydrogen) atoms. The molecule has 2 rings (SSSR count). The molecule has 0 aliphatic heterocycles. The summed E-state index contributed by atoms with van der Waals surface area (Å²) in [6, 6.07) is 1.85. The Morgan fingerprint density at radius 2 is 2.00 bits per heavy atom. The minimum absolute atomic E-state index is 0.425. The lowest BCUT2D eigenvalue weighted by Gasteiger charge is -2.31. The highest BCUT2D eigenvalue weighted by Gasteiger charge is 2.34. The van der Waals surface area contributed by atoms with Crippen molar-refractivity contribution in [1.29, 1.82) is 0 Å². The molecule has 0 spiro atoms. The molecule has 0 unspecified atom stereocenters. The van der Waals surface area contributed by atoms with Crippen LogP contribution in [0.25, 0.3) is 0 Å². The highest BCUT2D eigenvalue weighted by Crippen LogP contribution is 2.43. The van der Waals surface area contributed by atoms with Gasteiger partial charge < -0.3 is 10.1 Å². The third kappa shape index (κ3) is 3.84. The Labute approximate surface area is 122 Å². The second-order valence-electron chi connectivity index (χ2n) is 6.53. The zero-order chi connectivity index (χ0) is 14.6. The van der Waals surface area contributed by atoms with Crippen LogP contribution in [0.3, 0.4) is 0 Å². The van der Waals surface area contributed by atoms with E-state index < -0.39 is 0 Å². The number of ether oxygens (including phenoxy) is 1. The Bertz CT molecular complexity index is 439. The fraction of sp³-hybridized carbons (Fsp3) is 0.750. The lowest BCUT2D eigenvalue weighted by molar-refractivity contribution is 0.252. The molecule has 0 radical (unpaired) electrons. The summed E-state index contributed by atoms with van der Waals surface area (Å²) in [5.41, 5.74) is 1.36. The monoisotopic (exact) mass is 277 g/mol. The van der Waals surface area contributed by atoms with Crippen LogP contribution in [0, 0.1) is 18.3 Å². The van der Waals surface area contributed by atoms with E-state index >= 15 is 0 Å². The Morgan fingerprint density at radius 3 is 2.60 bits per heavy atom. The van der Waals surface area contributed by atoms with E-state index in [4.69, 9.17) is 4.74 Å². The van der Waals surface area contributed by atoms with Crippen molar-refractivity contribution in [1.82, 2.24) is 9.97 Å². The van der Waals surface area contributed by atoms with Gasteiger partial charge in [-0.3, -0.25) is 0 Å². The SMILES string of the molecule is COc1cc(C)nc(NCC2(CC(C)C)CCCC2)n1. The fourth-order valence-electron chi connectivity index (χ4n) is 3.43. The molecule has 1 heterocycles. The van der Waals surface area contributed by atoms with Crippen LogP contribution in [0.15, 0.2) is 6.07 Å². The van der Waals surface area contributed by atoms with Crippen LogP contribution < -0.4 is 10.1 Å². The number of hydrogen-bond donors (Lipinski definition) is 1. The molecule has 1 N–H and O–H groups in total. The quantitative estimate of drug-likeness (QED) is 0.859. The summed E-state index contributed by atoms with van der Waals surface area (Å²) in [6.45, 7) is 7.56. The first-order valence-electron chi connectivity index (χ1n) is 7.66. The van der Waals surface area contributed by atoms with Crippen molar-refractivity contribution in [2.24, 2.45) is 11.3 Å². The minimum Gasteiger partial charge on any atom is -0.481 e. The summed E-state index contributed by atoms with van der Waals surface area (Å²) >= 11 is 0. The predicted molar refractivity (Wildman–Crippen MR) is 82.2 cm³/mol. The Hall–Kier alpha value is -1.32. The molecule has 0 amide bonds. The highest BCUT2D eigenvalue weighted by molar-refractivity contribution is 5.31. The van der Waals surface area contributed by atoms with Gasteiger partial charge in [-0.2, -0.15) is 4.98 Å². The average molecular weight is 277 g/mol. The second kappa shape index (κ2) is 6.42. The van der Waals surface area contributed by atoms with Gasteiger partial charge >= 0.3 is 0 Å². The van der Waals surface area contributed by atoms with Crippen molar-refractivity contribution in [2.45, 2.75) is 52.9 Å². The zero-order valence-corrected chi connectivity index (χ0v) is 13.2. The van der Waals surface area contributed by atoms with Crippen LogP contribution in [-0.2, 0) is 0 Å². The first kappa shape index (κ1) is 15.1. The van der Waals surface area contributed by atoms with Crippen LogP contribution in [0.5, 0.6) is 5.88 Å². The summed E-state index contributed by atoms with van der Waals surface area (Å²) in [5.74, 6) is 2.06. The van der Waals surface area contributed by atoms with Crippen LogP contribution in [0.4, 0.5) is 5.95 Å². The Kier molecular flexibility index (Phi) is 4.84. The number of anilines is 1. The van der Waals surface area contributed by atoms with Gasteiger partial charge in [-0.05, 0) is 37.5 Å². The van der Waals surface area contributed by atoms with Gasteiger partial charge in [-0.25, -0.2) is 4.98 Å². The second-order valence-corrected chi connectivity index (χ2v) is 6.53. The van der Waals surface area contributed by atoms with Gasteiger partial charge in [0.05, 0.1) is 7.11 Å². The molecule has 1 aromatic rings. The minimum atomic E-state index is 0.425. The molecule has 1 aromatic heterocycles. The largest absolute Gasteiger partial charge is 0.481 e. The van der Waals surface area contributed by atoms with Crippen LogP contribution >= 0.6 is 0 Å². The third-order valence-electron chi connectivity index (χ3n) is 4.17. The highest BCUT2D eigenvalue weighted by atomic mass is 16.5. The van der Waals surface area contributed by atoms with Gasteiger partial charge in [-0.1, -0.05) is 26.7 Å². The standard InChI is InChI=1S/C16H27N3O/c1-12(2)10-16(7-5-6-8-16)11-17-15-18-13(3)9-14(19-15)20-4/h9,12H,5-8,10-11H2,1-4H3,(H,17,18,19). The number of nitrogens with one attached hydrogen (secondary N) is 1. The van der Waals surface area contributed by atoms with E-state index in [9.17, 15) is 0 Å². The van der Waals surface area contributed by atoms with Crippen molar-refractivity contribution in [3.8, 4) is 5.88 Å². The van der Waals surface area contributed by atoms with Crippen molar-refractivity contribution in [2.75, 3.05) is 19.0 Å². The Morgan fingerprint density at radius 1 is 1.30 bits per heavy atom. The van der Waals surface area contributed by atoms with Gasteiger partial charge in [0.25, 0.3) is 0 Å². The number of hydrogen-bond acceptors (Lipinski definition) is 4. The van der Waals surface area contributed by atoms with Crippen LogP contribution in [0.1, 0.15) is 51.6 Å². The van der Waals surface area contributed by atoms with Gasteiger partial charge in [0.1, 0.15) is 0 Å². The fourth-order valence-corrected chi connectivity index (χ4v) is 3.43. The molecule has 0 aromatic carbocycles. The summed E-state index contributed by atoms with van der Waals surface area (Å²) in [7, 11) is 1.64. The number of methoxy groups -OCH3 is 1. The van der Waals surface area contributed by atoms with Crippen molar-refractivity contribution in [3.63, 3.8) is 0 Å². The number of rotatable bonds is 6. The van der Waals surface area contributed by atoms with Gasteiger partial charge in [0.2, 0.25) is 11.8 Å². The van der Waals surface area contributed by atoms with Crippen LogP contribution in [-0.4, -0.2) is 23.6 Å². The molecule has 4 nitrogen and oxygen atoms in total. The predicted octanol–water partition coefficient (Wildman–Crippen LogP) is 3.81. The van der Waals surface area contributed by atoms with Crippen molar-refractivity contribution >= 4 is 5.95 Å².